The van der Waals surface area contributed by atoms with E-state index in [9.17, 15) is 5.11 Å². The first-order valence-electron chi connectivity index (χ1n) is 9.58. The first kappa shape index (κ1) is 18.8. The van der Waals surface area contributed by atoms with E-state index in [1.165, 1.54) is 19.3 Å². The Bertz CT molecular complexity index is 624. The van der Waals surface area contributed by atoms with Crippen LogP contribution in [0, 0.1) is 22.7 Å². The van der Waals surface area contributed by atoms with E-state index in [-0.39, 0.29) is 11.3 Å². The second-order valence-electron chi connectivity index (χ2n) is 9.22. The third-order valence-corrected chi connectivity index (χ3v) is 7.91. The van der Waals surface area contributed by atoms with Crippen LogP contribution in [0.15, 0.2) is 12.7 Å². The van der Waals surface area contributed by atoms with E-state index in [0.717, 1.165) is 29.4 Å². The van der Waals surface area contributed by atoms with Crippen LogP contribution in [0.5, 0.6) is 0 Å². The van der Waals surface area contributed by atoms with Crippen molar-refractivity contribution in [3.05, 3.63) is 17.7 Å². The molecular weight excluding hydrogens is 330 g/mol. The summed E-state index contributed by atoms with van der Waals surface area (Å²) < 4.78 is 0. The van der Waals surface area contributed by atoms with Gasteiger partial charge in [-0.05, 0) is 55.3 Å². The van der Waals surface area contributed by atoms with E-state index in [2.05, 4.69) is 42.9 Å². The zero-order chi connectivity index (χ0) is 18.3. The Kier molecular flexibility index (Phi) is 5.02. The Morgan fingerprint density at radius 1 is 1.24 bits per heavy atom. The molecule has 1 heterocycles. The van der Waals surface area contributed by atoms with E-state index in [4.69, 9.17) is 0 Å². The molecule has 2 aliphatic carbocycles. The molecule has 4 atom stereocenters. The second-order valence-corrected chi connectivity index (χ2v) is 10.3. The van der Waals surface area contributed by atoms with Gasteiger partial charge in [0.2, 0.25) is 5.13 Å². The monoisotopic (exact) mass is 363 g/mol. The molecule has 5 heteroatoms. The van der Waals surface area contributed by atoms with Gasteiger partial charge in [-0.1, -0.05) is 44.6 Å². The minimum Gasteiger partial charge on any atom is -0.390 e. The quantitative estimate of drug-likeness (QED) is 0.746. The van der Waals surface area contributed by atoms with E-state index in [1.54, 1.807) is 11.3 Å². The molecule has 140 valence electrons. The fourth-order valence-electron chi connectivity index (χ4n) is 5.82. The van der Waals surface area contributed by atoms with Gasteiger partial charge in [-0.15, -0.1) is 16.8 Å². The highest BCUT2D eigenvalue weighted by Gasteiger charge is 2.57. The Balaban J connectivity index is 1.86. The summed E-state index contributed by atoms with van der Waals surface area (Å²) in [6.07, 6.45) is 8.44. The predicted molar refractivity (Wildman–Crippen MR) is 105 cm³/mol. The molecule has 0 radical (unpaired) electrons. The van der Waals surface area contributed by atoms with E-state index in [1.807, 2.05) is 13.0 Å². The normalized spacial score (nSPS) is 37.3. The Morgan fingerprint density at radius 3 is 2.72 bits per heavy atom. The number of hydrogen-bond acceptors (Lipinski definition) is 5. The number of fused-ring (bicyclic) bond motifs is 1. The average molecular weight is 364 g/mol. The molecule has 4 nitrogen and oxygen atoms in total. The van der Waals surface area contributed by atoms with Crippen LogP contribution in [0.3, 0.4) is 0 Å². The average Bonchev–Trinajstić information content (AvgIpc) is 2.96. The SMILES string of the molecule is C=CCNc1nnc(C[C@@H]2[C@@]3(C)CCCC(C)(C)[C@@H]3CC[C@@]2(C)O)s1. The lowest BCUT2D eigenvalue weighted by Crippen LogP contribution is -2.58. The van der Waals surface area contributed by atoms with E-state index in [0.29, 0.717) is 17.9 Å². The van der Waals surface area contributed by atoms with Crippen molar-refractivity contribution in [2.75, 3.05) is 11.9 Å². The molecule has 25 heavy (non-hydrogen) atoms. The van der Waals surface area contributed by atoms with Crippen molar-refractivity contribution in [1.82, 2.24) is 10.2 Å². The number of nitrogens with zero attached hydrogens (tertiary/aromatic N) is 2. The predicted octanol–water partition coefficient (Wildman–Crippen LogP) is 4.67. The van der Waals surface area contributed by atoms with E-state index >= 15 is 0 Å². The molecule has 0 aromatic carbocycles. The number of aliphatic hydroxyl groups is 1. The van der Waals surface area contributed by atoms with Gasteiger partial charge in [0.15, 0.2) is 0 Å². The smallest absolute Gasteiger partial charge is 0.205 e. The summed E-state index contributed by atoms with van der Waals surface area (Å²) in [6.45, 7) is 13.7. The van der Waals surface area contributed by atoms with Crippen LogP contribution in [0.4, 0.5) is 5.13 Å². The zero-order valence-corrected chi connectivity index (χ0v) is 17.0. The standard InChI is InChI=1S/C20H33N3OS/c1-6-12-21-17-23-22-16(25-17)13-15-19(4)10-7-9-18(2,3)14(19)8-11-20(15,5)24/h6,14-15,24H,1,7-13H2,2-5H3,(H,21,23)/t14-,15+,19-,20+/m0/s1. The summed E-state index contributed by atoms with van der Waals surface area (Å²) in [4.78, 5) is 0. The molecule has 0 amide bonds. The fraction of sp³-hybridized carbons (Fsp3) is 0.800. The van der Waals surface area contributed by atoms with Crippen molar-refractivity contribution in [2.24, 2.45) is 22.7 Å². The van der Waals surface area contributed by atoms with Crippen molar-refractivity contribution in [2.45, 2.75) is 71.8 Å². The highest BCUT2D eigenvalue weighted by atomic mass is 32.1. The summed E-state index contributed by atoms with van der Waals surface area (Å²) in [6, 6.07) is 0. The van der Waals surface area contributed by atoms with Crippen LogP contribution < -0.4 is 5.32 Å². The molecule has 3 rings (SSSR count). The van der Waals surface area contributed by atoms with Gasteiger partial charge in [0.05, 0.1) is 5.60 Å². The maximum Gasteiger partial charge on any atom is 0.205 e. The van der Waals surface area contributed by atoms with Crippen molar-refractivity contribution in [3.63, 3.8) is 0 Å². The van der Waals surface area contributed by atoms with Gasteiger partial charge < -0.3 is 10.4 Å². The zero-order valence-electron chi connectivity index (χ0n) is 16.1. The van der Waals surface area contributed by atoms with Gasteiger partial charge >= 0.3 is 0 Å². The van der Waals surface area contributed by atoms with Crippen LogP contribution in [0.1, 0.15) is 64.8 Å². The van der Waals surface area contributed by atoms with Crippen molar-refractivity contribution < 1.29 is 5.11 Å². The van der Waals surface area contributed by atoms with Gasteiger partial charge in [0.25, 0.3) is 0 Å². The molecule has 2 fully saturated rings. The third kappa shape index (κ3) is 3.50. The Morgan fingerprint density at radius 2 is 2.00 bits per heavy atom. The minimum atomic E-state index is -0.626. The number of aromatic nitrogens is 2. The highest BCUT2D eigenvalue weighted by Crippen LogP contribution is 2.62. The Hall–Kier alpha value is -0.940. The van der Waals surface area contributed by atoms with Crippen LogP contribution in [-0.4, -0.2) is 27.4 Å². The van der Waals surface area contributed by atoms with E-state index < -0.39 is 5.60 Å². The first-order chi connectivity index (χ1) is 11.7. The van der Waals surface area contributed by atoms with Crippen LogP contribution in [0.25, 0.3) is 0 Å². The molecule has 0 unspecified atom stereocenters. The lowest BCUT2D eigenvalue weighted by molar-refractivity contribution is -0.166. The molecule has 2 aliphatic rings. The van der Waals surface area contributed by atoms with Gasteiger partial charge in [-0.2, -0.15) is 0 Å². The van der Waals surface area contributed by atoms with Crippen molar-refractivity contribution in [1.29, 1.82) is 0 Å². The fourth-order valence-corrected chi connectivity index (χ4v) is 6.61. The van der Waals surface area contributed by atoms with Gasteiger partial charge in [-0.3, -0.25) is 0 Å². The van der Waals surface area contributed by atoms with Crippen LogP contribution >= 0.6 is 11.3 Å². The van der Waals surface area contributed by atoms with Crippen LogP contribution in [0.2, 0.25) is 0 Å². The topological polar surface area (TPSA) is 58.0 Å². The largest absolute Gasteiger partial charge is 0.390 e. The Labute approximate surface area is 156 Å². The number of rotatable bonds is 5. The molecule has 0 spiro atoms. The first-order valence-corrected chi connectivity index (χ1v) is 10.4. The second kappa shape index (κ2) is 6.66. The maximum atomic E-state index is 11.2. The van der Waals surface area contributed by atoms with Crippen LogP contribution in [-0.2, 0) is 6.42 Å². The number of nitrogens with one attached hydrogen (secondary N) is 1. The lowest BCUT2D eigenvalue weighted by Gasteiger charge is -2.61. The molecule has 1 aromatic rings. The molecule has 2 saturated carbocycles. The molecule has 0 bridgehead atoms. The molecular formula is C20H33N3OS. The third-order valence-electron chi connectivity index (χ3n) is 7.01. The molecule has 2 N–H and O–H groups in total. The highest BCUT2D eigenvalue weighted by molar-refractivity contribution is 7.15. The molecule has 0 aliphatic heterocycles. The molecule has 1 aromatic heterocycles. The molecule has 0 saturated heterocycles. The summed E-state index contributed by atoms with van der Waals surface area (Å²) in [5.74, 6) is 0.906. The van der Waals surface area contributed by atoms with Gasteiger partial charge in [-0.25, -0.2) is 0 Å². The maximum absolute atomic E-state index is 11.2. The van der Waals surface area contributed by atoms with Gasteiger partial charge in [0.1, 0.15) is 5.01 Å². The number of anilines is 1. The van der Waals surface area contributed by atoms with Crippen molar-refractivity contribution in [3.8, 4) is 0 Å². The summed E-state index contributed by atoms with van der Waals surface area (Å²) in [5.41, 5.74) is -0.0948. The summed E-state index contributed by atoms with van der Waals surface area (Å²) in [5, 5.41) is 25.0. The lowest BCUT2D eigenvalue weighted by atomic mass is 9.45. The van der Waals surface area contributed by atoms with Crippen molar-refractivity contribution >= 4 is 16.5 Å². The minimum absolute atomic E-state index is 0.171. The van der Waals surface area contributed by atoms with Gasteiger partial charge in [0, 0.05) is 13.0 Å². The summed E-state index contributed by atoms with van der Waals surface area (Å²) >= 11 is 1.61. The summed E-state index contributed by atoms with van der Waals surface area (Å²) in [7, 11) is 0. The number of hydrogen-bond donors (Lipinski definition) is 2.